The van der Waals surface area contributed by atoms with Crippen LogP contribution in [0.15, 0.2) is 30.6 Å². The largest absolute Gasteiger partial charge is 0.497 e. The zero-order valence-corrected chi connectivity index (χ0v) is 14.7. The van der Waals surface area contributed by atoms with Gasteiger partial charge in [-0.1, -0.05) is 13.8 Å². The molecule has 0 saturated carbocycles. The zero-order valence-electron chi connectivity index (χ0n) is 14.7. The molecule has 0 saturated heterocycles. The van der Waals surface area contributed by atoms with Crippen molar-refractivity contribution >= 4 is 23.2 Å². The number of methoxy groups -OCH3 is 1. The Bertz CT molecular complexity index is 703. The van der Waals surface area contributed by atoms with Crippen molar-refractivity contribution in [1.29, 1.82) is 0 Å². The highest BCUT2D eigenvalue weighted by atomic mass is 16.5. The number of nitrogens with zero attached hydrogens (tertiary/aromatic N) is 2. The first-order valence-corrected chi connectivity index (χ1v) is 8.06. The Labute approximate surface area is 147 Å². The molecule has 1 heterocycles. The number of nitrogens with two attached hydrogens (primary N) is 1. The number of benzene rings is 1. The maximum Gasteiger partial charge on any atom is 0.269 e. The Morgan fingerprint density at radius 3 is 2.52 bits per heavy atom. The number of hydrazine groups is 1. The summed E-state index contributed by atoms with van der Waals surface area (Å²) < 4.78 is 5.07. The van der Waals surface area contributed by atoms with Crippen molar-refractivity contribution in [2.24, 2.45) is 5.92 Å². The minimum absolute atomic E-state index is 0.310. The van der Waals surface area contributed by atoms with Gasteiger partial charge in [0.2, 0.25) is 0 Å². The molecule has 2 rings (SSSR count). The van der Waals surface area contributed by atoms with Gasteiger partial charge in [-0.25, -0.2) is 9.97 Å². The second kappa shape index (κ2) is 8.72. The summed E-state index contributed by atoms with van der Waals surface area (Å²) in [6.45, 7) is 5.05. The average molecular weight is 344 g/mol. The third-order valence-corrected chi connectivity index (χ3v) is 3.54. The number of rotatable bonds is 8. The molecule has 0 bridgehead atoms. The number of carbonyl (C=O) groups excluding carboxylic acids is 1. The Morgan fingerprint density at radius 1 is 1.20 bits per heavy atom. The van der Waals surface area contributed by atoms with Crippen LogP contribution in [-0.4, -0.2) is 29.5 Å². The predicted molar refractivity (Wildman–Crippen MR) is 98.5 cm³/mol. The fourth-order valence-electron chi connectivity index (χ4n) is 2.05. The van der Waals surface area contributed by atoms with Crippen molar-refractivity contribution in [2.45, 2.75) is 20.3 Å². The highest BCUT2D eigenvalue weighted by Gasteiger charge is 2.10. The lowest BCUT2D eigenvalue weighted by atomic mass is 10.1. The Morgan fingerprint density at radius 2 is 1.88 bits per heavy atom. The first-order valence-electron chi connectivity index (χ1n) is 8.06. The van der Waals surface area contributed by atoms with E-state index in [2.05, 4.69) is 40.0 Å². The van der Waals surface area contributed by atoms with Crippen LogP contribution in [0, 0.1) is 5.92 Å². The predicted octanol–water partition coefficient (Wildman–Crippen LogP) is 2.28. The lowest BCUT2D eigenvalue weighted by molar-refractivity contribution is 0.0962. The minimum Gasteiger partial charge on any atom is -0.497 e. The molecule has 0 aliphatic heterocycles. The van der Waals surface area contributed by atoms with Crippen LogP contribution >= 0.6 is 0 Å². The van der Waals surface area contributed by atoms with Gasteiger partial charge in [0, 0.05) is 12.1 Å². The molecule has 2 aromatic rings. The van der Waals surface area contributed by atoms with E-state index in [0.717, 1.165) is 13.0 Å². The van der Waals surface area contributed by atoms with Crippen LogP contribution in [-0.2, 0) is 0 Å². The van der Waals surface area contributed by atoms with Gasteiger partial charge < -0.3 is 15.8 Å². The highest BCUT2D eigenvalue weighted by molar-refractivity contribution is 5.95. The van der Waals surface area contributed by atoms with Crippen LogP contribution in [0.25, 0.3) is 0 Å². The Balaban J connectivity index is 1.96. The van der Waals surface area contributed by atoms with E-state index in [1.807, 2.05) is 0 Å². The SMILES string of the molecule is COc1ccc(C(=O)NNc2ncnc(NCCC(C)C)c2N)cc1. The minimum atomic E-state index is -0.310. The third-order valence-electron chi connectivity index (χ3n) is 3.54. The first kappa shape index (κ1) is 18.3. The van der Waals surface area contributed by atoms with Crippen molar-refractivity contribution in [3.63, 3.8) is 0 Å². The van der Waals surface area contributed by atoms with E-state index in [0.29, 0.717) is 34.6 Å². The lowest BCUT2D eigenvalue weighted by Gasteiger charge is -2.13. The van der Waals surface area contributed by atoms with Crippen LogP contribution in [0.3, 0.4) is 0 Å². The summed E-state index contributed by atoms with van der Waals surface area (Å²) in [7, 11) is 1.57. The molecule has 1 aromatic heterocycles. The van der Waals surface area contributed by atoms with Crippen LogP contribution < -0.4 is 26.6 Å². The van der Waals surface area contributed by atoms with Crippen molar-refractivity contribution in [2.75, 3.05) is 30.1 Å². The second-order valence-electron chi connectivity index (χ2n) is 5.90. The van der Waals surface area contributed by atoms with Gasteiger partial charge in [-0.05, 0) is 36.6 Å². The van der Waals surface area contributed by atoms with E-state index in [4.69, 9.17) is 10.5 Å². The molecule has 25 heavy (non-hydrogen) atoms. The Hall–Kier alpha value is -3.03. The topological polar surface area (TPSA) is 114 Å². The molecule has 8 heteroatoms. The maximum atomic E-state index is 12.1. The smallest absolute Gasteiger partial charge is 0.269 e. The monoisotopic (exact) mass is 344 g/mol. The van der Waals surface area contributed by atoms with E-state index in [1.54, 1.807) is 31.4 Å². The van der Waals surface area contributed by atoms with Crippen LogP contribution in [0.1, 0.15) is 30.6 Å². The number of hydrogen-bond acceptors (Lipinski definition) is 7. The van der Waals surface area contributed by atoms with E-state index in [1.165, 1.54) is 6.33 Å². The summed E-state index contributed by atoms with van der Waals surface area (Å²) in [6.07, 6.45) is 2.39. The van der Waals surface area contributed by atoms with Gasteiger partial charge in [0.05, 0.1) is 7.11 Å². The van der Waals surface area contributed by atoms with E-state index in [9.17, 15) is 4.79 Å². The first-order chi connectivity index (χ1) is 12.0. The number of carbonyl (C=O) groups is 1. The number of ether oxygens (including phenoxy) is 1. The molecule has 0 fully saturated rings. The summed E-state index contributed by atoms with van der Waals surface area (Å²) in [5, 5.41) is 3.17. The van der Waals surface area contributed by atoms with Gasteiger partial charge in [-0.15, -0.1) is 0 Å². The maximum absolute atomic E-state index is 12.1. The molecule has 0 aliphatic carbocycles. The summed E-state index contributed by atoms with van der Waals surface area (Å²) in [6, 6.07) is 6.76. The molecule has 0 atom stereocenters. The van der Waals surface area contributed by atoms with E-state index < -0.39 is 0 Å². The quantitative estimate of drug-likeness (QED) is 0.543. The third kappa shape index (κ3) is 5.23. The van der Waals surface area contributed by atoms with Crippen LogP contribution in [0.2, 0.25) is 0 Å². The molecule has 8 nitrogen and oxygen atoms in total. The van der Waals surface area contributed by atoms with E-state index in [-0.39, 0.29) is 5.91 Å². The fraction of sp³-hybridized carbons (Fsp3) is 0.353. The van der Waals surface area contributed by atoms with Crippen LogP contribution in [0.4, 0.5) is 17.3 Å². The van der Waals surface area contributed by atoms with Crippen molar-refractivity contribution in [3.8, 4) is 5.75 Å². The molecule has 0 aliphatic rings. The van der Waals surface area contributed by atoms with Crippen molar-refractivity contribution in [3.05, 3.63) is 36.2 Å². The highest BCUT2D eigenvalue weighted by Crippen LogP contribution is 2.22. The van der Waals surface area contributed by atoms with Gasteiger partial charge in [0.15, 0.2) is 11.6 Å². The molecule has 0 spiro atoms. The summed E-state index contributed by atoms with van der Waals surface area (Å²) >= 11 is 0. The number of hydrogen-bond donors (Lipinski definition) is 4. The summed E-state index contributed by atoms with van der Waals surface area (Å²) in [5.41, 5.74) is 12.2. The van der Waals surface area contributed by atoms with E-state index >= 15 is 0 Å². The van der Waals surface area contributed by atoms with Gasteiger partial charge in [-0.3, -0.25) is 15.6 Å². The van der Waals surface area contributed by atoms with Crippen molar-refractivity contribution in [1.82, 2.24) is 15.4 Å². The lowest BCUT2D eigenvalue weighted by Crippen LogP contribution is -2.30. The fourth-order valence-corrected chi connectivity index (χ4v) is 2.05. The number of nitrogen functional groups attached to an aromatic ring is 1. The Kier molecular flexibility index (Phi) is 6.39. The summed E-state index contributed by atoms with van der Waals surface area (Å²) in [4.78, 5) is 20.3. The summed E-state index contributed by atoms with van der Waals surface area (Å²) in [5.74, 6) is 1.83. The zero-order chi connectivity index (χ0) is 18.2. The average Bonchev–Trinajstić information content (AvgIpc) is 2.61. The van der Waals surface area contributed by atoms with Gasteiger partial charge in [0.1, 0.15) is 17.8 Å². The van der Waals surface area contributed by atoms with Crippen molar-refractivity contribution < 1.29 is 9.53 Å². The number of nitrogens with one attached hydrogen (secondary N) is 3. The molecule has 0 radical (unpaired) electrons. The molecule has 5 N–H and O–H groups in total. The van der Waals surface area contributed by atoms with Gasteiger partial charge >= 0.3 is 0 Å². The van der Waals surface area contributed by atoms with Crippen LogP contribution in [0.5, 0.6) is 5.75 Å². The normalized spacial score (nSPS) is 10.4. The molecule has 1 aromatic carbocycles. The number of aromatic nitrogens is 2. The molecular weight excluding hydrogens is 320 g/mol. The van der Waals surface area contributed by atoms with Gasteiger partial charge in [-0.2, -0.15) is 0 Å². The number of anilines is 3. The number of amides is 1. The molecule has 0 unspecified atom stereocenters. The molecule has 1 amide bonds. The van der Waals surface area contributed by atoms with Gasteiger partial charge in [0.25, 0.3) is 5.91 Å². The molecule has 134 valence electrons. The second-order valence-corrected chi connectivity index (χ2v) is 5.90. The standard InChI is InChI=1S/C17H24N6O2/c1-11(2)8-9-19-15-14(18)16(21-10-20-15)22-23-17(24)12-4-6-13(25-3)7-5-12/h4-7,10-11H,8-9,18H2,1-3H3,(H,23,24)(H2,19,20,21,22). The molecular formula is C17H24N6O2.